The third-order valence-electron chi connectivity index (χ3n) is 5.89. The normalized spacial score (nSPS) is 12.1. The van der Waals surface area contributed by atoms with E-state index >= 15 is 0 Å². The predicted octanol–water partition coefficient (Wildman–Crippen LogP) is 9.64. The average molecular weight is 626 g/mol. The van der Waals surface area contributed by atoms with Crippen LogP contribution in [0.5, 0.6) is 0 Å². The second-order valence-corrected chi connectivity index (χ2v) is 9.30. The number of aryl methyl sites for hydroxylation is 4. The fourth-order valence-corrected chi connectivity index (χ4v) is 4.12. The molecule has 2 heterocycles. The van der Waals surface area contributed by atoms with Crippen molar-refractivity contribution in [3.63, 3.8) is 0 Å². The zero-order valence-corrected chi connectivity index (χ0v) is 25.5. The summed E-state index contributed by atoms with van der Waals surface area (Å²) in [5.41, 5.74) is 3.14. The van der Waals surface area contributed by atoms with Crippen LogP contribution in [0.3, 0.4) is 0 Å². The summed E-state index contributed by atoms with van der Waals surface area (Å²) < 4.78 is 79.2. The summed E-state index contributed by atoms with van der Waals surface area (Å²) in [5, 5.41) is 0. The molecule has 4 aromatic rings. The topological polar surface area (TPSA) is 31.6 Å². The van der Waals surface area contributed by atoms with Gasteiger partial charge in [0.05, 0.1) is 0 Å². The number of nitrogens with one attached hydrogen (secondary N) is 2. The fourth-order valence-electron chi connectivity index (χ4n) is 4.12. The van der Waals surface area contributed by atoms with E-state index in [0.717, 1.165) is 24.2 Å². The molecule has 0 fully saturated rings. The smallest absolute Gasteiger partial charge is 0.363 e. The number of allylic oxidation sites excluding steroid dienone is 8. The van der Waals surface area contributed by atoms with Gasteiger partial charge < -0.3 is 9.97 Å². The van der Waals surface area contributed by atoms with Gasteiger partial charge in [-0.2, -0.15) is 12.2 Å². The first-order chi connectivity index (χ1) is 20.0. The molecule has 220 valence electrons. The molecule has 9 heteroatoms. The van der Waals surface area contributed by atoms with Gasteiger partial charge in [-0.25, -0.2) is 50.6 Å². The molecule has 0 spiro atoms. The standard InChI is InChI=1S/2C12H9F3N.2C5H5.Ti/c2*1-6-3-9(7(2)16-6)12-10(14)4-8(13)5-11(12)15;2*1-2-4-5-3-1;/h2*3-4,16H,1-2H3;2*1-3H,4H2;/q4*-1;+4. The van der Waals surface area contributed by atoms with Gasteiger partial charge >= 0.3 is 21.7 Å². The number of H-pyrrole nitrogens is 2. The Bertz CT molecular complexity index is 1450. The molecule has 2 aromatic carbocycles. The SMILES string of the molecule is Cc1cc(-c2c(F)[c-]c(F)cc2F)c(C)[nH]1.Cc1cc(-c2c(F)[c-]c(F)cc2F)c(C)[nH]1.[C-]1=CC=CC1.[C-]1=CC=CC1.[Ti+4]. The molecule has 0 amide bonds. The summed E-state index contributed by atoms with van der Waals surface area (Å²) in [6, 6.07) is 8.13. The Hall–Kier alpha value is -3.75. The van der Waals surface area contributed by atoms with Gasteiger partial charge in [0.15, 0.2) is 0 Å². The average Bonchev–Trinajstić information content (AvgIpc) is 3.71. The minimum absolute atomic E-state index is 0. The van der Waals surface area contributed by atoms with Crippen molar-refractivity contribution in [3.8, 4) is 22.3 Å². The second-order valence-electron chi connectivity index (χ2n) is 9.30. The molecule has 0 bridgehead atoms. The number of aromatic amines is 2. The van der Waals surface area contributed by atoms with Crippen LogP contribution in [0.4, 0.5) is 26.3 Å². The van der Waals surface area contributed by atoms with E-state index in [1.54, 1.807) is 39.8 Å². The predicted molar refractivity (Wildman–Crippen MR) is 152 cm³/mol. The number of benzene rings is 2. The molecular formula is C34H28F6N2Ti. The molecule has 43 heavy (non-hydrogen) atoms. The van der Waals surface area contributed by atoms with Crippen molar-refractivity contribution in [1.82, 2.24) is 9.97 Å². The first-order valence-electron chi connectivity index (χ1n) is 12.9. The van der Waals surface area contributed by atoms with Crippen molar-refractivity contribution >= 4 is 0 Å². The molecule has 0 saturated heterocycles. The second kappa shape index (κ2) is 16.8. The van der Waals surface area contributed by atoms with Crippen molar-refractivity contribution in [2.75, 3.05) is 0 Å². The Balaban J connectivity index is 0.000000223. The van der Waals surface area contributed by atoms with Crippen LogP contribution in [0.2, 0.25) is 0 Å². The van der Waals surface area contributed by atoms with E-state index in [-0.39, 0.29) is 32.8 Å². The third kappa shape index (κ3) is 10.2. The monoisotopic (exact) mass is 626 g/mol. The van der Waals surface area contributed by atoms with E-state index in [0.29, 0.717) is 34.6 Å². The largest absolute Gasteiger partial charge is 4.00 e. The number of aromatic nitrogens is 2. The minimum atomic E-state index is -1.04. The molecule has 2 nitrogen and oxygen atoms in total. The molecule has 0 saturated carbocycles. The van der Waals surface area contributed by atoms with Crippen molar-refractivity contribution in [2.24, 2.45) is 0 Å². The Morgan fingerprint density at radius 1 is 0.581 bits per heavy atom. The van der Waals surface area contributed by atoms with Gasteiger partial charge in [-0.05, 0) is 51.0 Å². The van der Waals surface area contributed by atoms with Gasteiger partial charge in [-0.3, -0.25) is 12.2 Å². The molecule has 0 atom stereocenters. The Morgan fingerprint density at radius 2 is 0.953 bits per heavy atom. The maximum atomic E-state index is 13.5. The summed E-state index contributed by atoms with van der Waals surface area (Å²) in [7, 11) is 0. The Kier molecular flexibility index (Phi) is 13.8. The molecular weight excluding hydrogens is 598 g/mol. The summed E-state index contributed by atoms with van der Waals surface area (Å²) in [4.78, 5) is 5.87. The molecule has 2 aliphatic carbocycles. The van der Waals surface area contributed by atoms with E-state index in [1.807, 2.05) is 36.4 Å². The van der Waals surface area contributed by atoms with Crippen molar-refractivity contribution < 1.29 is 48.1 Å². The molecule has 6 rings (SSSR count). The van der Waals surface area contributed by atoms with Crippen LogP contribution < -0.4 is 0 Å². The number of hydrogen-bond acceptors (Lipinski definition) is 0. The van der Waals surface area contributed by atoms with Gasteiger partial charge in [0.1, 0.15) is 0 Å². The summed E-state index contributed by atoms with van der Waals surface area (Å²) >= 11 is 0. The van der Waals surface area contributed by atoms with Crippen LogP contribution >= 0.6 is 0 Å². The zero-order valence-electron chi connectivity index (χ0n) is 24.0. The van der Waals surface area contributed by atoms with Crippen LogP contribution in [0.1, 0.15) is 35.6 Å². The van der Waals surface area contributed by atoms with Gasteiger partial charge in [-0.15, -0.1) is 25.0 Å². The van der Waals surface area contributed by atoms with Crippen LogP contribution in [0.15, 0.2) is 60.7 Å². The zero-order chi connectivity index (χ0) is 30.8. The number of halogens is 6. The van der Waals surface area contributed by atoms with Crippen molar-refractivity contribution in [3.05, 3.63) is 143 Å². The van der Waals surface area contributed by atoms with E-state index in [1.165, 1.54) is 0 Å². The first kappa shape index (κ1) is 35.5. The molecule has 2 aromatic heterocycles. The van der Waals surface area contributed by atoms with Crippen molar-refractivity contribution in [2.45, 2.75) is 40.5 Å². The minimum Gasteiger partial charge on any atom is -0.363 e. The Morgan fingerprint density at radius 3 is 1.16 bits per heavy atom. The number of rotatable bonds is 2. The van der Waals surface area contributed by atoms with E-state index < -0.39 is 34.9 Å². The third-order valence-corrected chi connectivity index (χ3v) is 5.89. The quantitative estimate of drug-likeness (QED) is 0.126. The first-order valence-corrected chi connectivity index (χ1v) is 12.9. The van der Waals surface area contributed by atoms with Gasteiger partial charge in [0.2, 0.25) is 0 Å². The van der Waals surface area contributed by atoms with Crippen LogP contribution in [-0.4, -0.2) is 9.97 Å². The summed E-state index contributed by atoms with van der Waals surface area (Å²) in [5.74, 6) is -5.95. The fraction of sp³-hybridized carbons (Fsp3) is 0.176. The maximum absolute atomic E-state index is 13.5. The molecule has 0 radical (unpaired) electrons. The van der Waals surface area contributed by atoms with Crippen molar-refractivity contribution in [1.29, 1.82) is 0 Å². The van der Waals surface area contributed by atoms with E-state index in [4.69, 9.17) is 0 Å². The number of hydrogen-bond donors (Lipinski definition) is 2. The van der Waals surface area contributed by atoms with Crippen LogP contribution in [0.25, 0.3) is 22.3 Å². The molecule has 2 aliphatic rings. The van der Waals surface area contributed by atoms with Crippen LogP contribution in [-0.2, 0) is 21.7 Å². The molecule has 0 unspecified atom stereocenters. The molecule has 0 aliphatic heterocycles. The summed E-state index contributed by atoms with van der Waals surface area (Å²) in [6.07, 6.45) is 20.0. The summed E-state index contributed by atoms with van der Waals surface area (Å²) in [6.45, 7) is 6.95. The Labute approximate surface area is 262 Å². The van der Waals surface area contributed by atoms with Gasteiger partial charge in [0, 0.05) is 57.7 Å². The van der Waals surface area contributed by atoms with Crippen LogP contribution in [0, 0.1) is 86.9 Å². The van der Waals surface area contributed by atoms with E-state index in [2.05, 4.69) is 34.3 Å². The van der Waals surface area contributed by atoms with Gasteiger partial charge in [0.25, 0.3) is 0 Å². The molecule has 2 N–H and O–H groups in total. The van der Waals surface area contributed by atoms with E-state index in [9.17, 15) is 26.3 Å². The maximum Gasteiger partial charge on any atom is 4.00 e. The van der Waals surface area contributed by atoms with Gasteiger partial charge in [-0.1, -0.05) is 23.3 Å².